The molecule has 0 aliphatic heterocycles. The van der Waals surface area contributed by atoms with Crippen molar-refractivity contribution in [2.24, 2.45) is 5.73 Å². The highest BCUT2D eigenvalue weighted by molar-refractivity contribution is 5.35. The Balaban J connectivity index is 2.15. The third kappa shape index (κ3) is 2.39. The lowest BCUT2D eigenvalue weighted by molar-refractivity contribution is -0.384. The van der Waals surface area contributed by atoms with Crippen molar-refractivity contribution in [3.8, 4) is 0 Å². The number of nitro benzene ring substituents is 1. The molecule has 2 N–H and O–H groups in total. The first-order valence-electron chi connectivity index (χ1n) is 5.61. The molecule has 4 heteroatoms. The van der Waals surface area contributed by atoms with Crippen LogP contribution in [0.2, 0.25) is 0 Å². The van der Waals surface area contributed by atoms with Gasteiger partial charge in [0.1, 0.15) is 0 Å². The fourth-order valence-electron chi connectivity index (χ4n) is 2.44. The third-order valence-electron chi connectivity index (χ3n) is 3.28. The Kier molecular flexibility index (Phi) is 2.92. The minimum Gasteiger partial charge on any atom is -0.325 e. The average molecular weight is 220 g/mol. The van der Waals surface area contributed by atoms with Gasteiger partial charge in [-0.2, -0.15) is 0 Å². The van der Waals surface area contributed by atoms with E-state index in [4.69, 9.17) is 5.73 Å². The normalized spacial score (nSPS) is 18.6. The zero-order chi connectivity index (χ0) is 11.6. The Morgan fingerprint density at radius 2 is 2.06 bits per heavy atom. The van der Waals surface area contributed by atoms with Crippen molar-refractivity contribution in [3.05, 3.63) is 39.9 Å². The summed E-state index contributed by atoms with van der Waals surface area (Å²) in [4.78, 5) is 10.3. The van der Waals surface area contributed by atoms with Gasteiger partial charge in [-0.3, -0.25) is 10.1 Å². The highest BCUT2D eigenvalue weighted by Crippen LogP contribution is 2.30. The van der Waals surface area contributed by atoms with E-state index in [0.29, 0.717) is 0 Å². The smallest absolute Gasteiger partial charge is 0.269 e. The molecule has 0 unspecified atom stereocenters. The van der Waals surface area contributed by atoms with Gasteiger partial charge < -0.3 is 5.73 Å². The van der Waals surface area contributed by atoms with E-state index in [-0.39, 0.29) is 16.1 Å². The van der Waals surface area contributed by atoms with E-state index in [1.54, 1.807) is 12.1 Å². The van der Waals surface area contributed by atoms with Gasteiger partial charge in [0.05, 0.1) is 4.92 Å². The minimum atomic E-state index is -0.360. The number of nitrogens with zero attached hydrogens (tertiary/aromatic N) is 1. The van der Waals surface area contributed by atoms with Crippen LogP contribution in [-0.2, 0) is 6.42 Å². The summed E-state index contributed by atoms with van der Waals surface area (Å²) in [7, 11) is 0. The lowest BCUT2D eigenvalue weighted by Gasteiger charge is -2.23. The molecule has 0 aromatic heterocycles. The van der Waals surface area contributed by atoms with Crippen molar-refractivity contribution in [3.63, 3.8) is 0 Å². The fourth-order valence-corrected chi connectivity index (χ4v) is 2.44. The van der Waals surface area contributed by atoms with Crippen LogP contribution in [-0.4, -0.2) is 10.5 Å². The molecule has 1 aliphatic rings. The van der Waals surface area contributed by atoms with Gasteiger partial charge in [0.15, 0.2) is 0 Å². The van der Waals surface area contributed by atoms with E-state index >= 15 is 0 Å². The van der Waals surface area contributed by atoms with Gasteiger partial charge in [-0.25, -0.2) is 0 Å². The van der Waals surface area contributed by atoms with Gasteiger partial charge in [-0.05, 0) is 24.8 Å². The van der Waals surface area contributed by atoms with Crippen molar-refractivity contribution in [1.82, 2.24) is 0 Å². The number of nitro groups is 1. The predicted molar refractivity (Wildman–Crippen MR) is 62.2 cm³/mol. The molecule has 1 aromatic carbocycles. The van der Waals surface area contributed by atoms with E-state index < -0.39 is 0 Å². The Labute approximate surface area is 94.6 Å². The highest BCUT2D eigenvalue weighted by atomic mass is 16.6. The molecule has 1 fully saturated rings. The molecule has 0 amide bonds. The molecule has 1 aliphatic carbocycles. The standard InChI is InChI=1S/C12H16N2O2/c13-12(6-1-2-7-12)9-10-4-3-5-11(8-10)14(15)16/h3-5,8H,1-2,6-7,9,13H2. The Morgan fingerprint density at radius 3 is 2.69 bits per heavy atom. The molecular weight excluding hydrogens is 204 g/mol. The second-order valence-electron chi connectivity index (χ2n) is 4.67. The average Bonchev–Trinajstić information content (AvgIpc) is 2.65. The molecule has 0 bridgehead atoms. The van der Waals surface area contributed by atoms with Crippen LogP contribution in [0.25, 0.3) is 0 Å². The maximum Gasteiger partial charge on any atom is 0.269 e. The SMILES string of the molecule is NC1(Cc2cccc([N+](=O)[O-])c2)CCCC1. The summed E-state index contributed by atoms with van der Waals surface area (Å²) < 4.78 is 0. The monoisotopic (exact) mass is 220 g/mol. The molecule has 0 saturated heterocycles. The molecule has 0 spiro atoms. The van der Waals surface area contributed by atoms with E-state index in [1.807, 2.05) is 6.07 Å². The van der Waals surface area contributed by atoms with Crippen molar-refractivity contribution in [1.29, 1.82) is 0 Å². The van der Waals surface area contributed by atoms with Crippen molar-refractivity contribution >= 4 is 5.69 Å². The zero-order valence-electron chi connectivity index (χ0n) is 9.19. The lowest BCUT2D eigenvalue weighted by atomic mass is 9.90. The van der Waals surface area contributed by atoms with Gasteiger partial charge >= 0.3 is 0 Å². The number of nitrogens with two attached hydrogens (primary N) is 1. The topological polar surface area (TPSA) is 69.2 Å². The second-order valence-corrected chi connectivity index (χ2v) is 4.67. The van der Waals surface area contributed by atoms with Crippen LogP contribution in [0.3, 0.4) is 0 Å². The van der Waals surface area contributed by atoms with E-state index in [0.717, 1.165) is 24.8 Å². The quantitative estimate of drug-likeness (QED) is 0.628. The van der Waals surface area contributed by atoms with Crippen LogP contribution < -0.4 is 5.73 Å². The molecule has 1 aromatic rings. The number of rotatable bonds is 3. The number of non-ortho nitro benzene ring substituents is 1. The van der Waals surface area contributed by atoms with Crippen LogP contribution in [0.5, 0.6) is 0 Å². The summed E-state index contributed by atoms with van der Waals surface area (Å²) >= 11 is 0. The van der Waals surface area contributed by atoms with Crippen molar-refractivity contribution in [2.45, 2.75) is 37.6 Å². The highest BCUT2D eigenvalue weighted by Gasteiger charge is 2.29. The zero-order valence-corrected chi connectivity index (χ0v) is 9.19. The van der Waals surface area contributed by atoms with E-state index in [9.17, 15) is 10.1 Å². The molecular formula is C12H16N2O2. The van der Waals surface area contributed by atoms with Gasteiger partial charge in [0.25, 0.3) is 5.69 Å². The Bertz CT molecular complexity index is 398. The number of hydrogen-bond acceptors (Lipinski definition) is 3. The summed E-state index contributed by atoms with van der Waals surface area (Å²) in [5.74, 6) is 0. The summed E-state index contributed by atoms with van der Waals surface area (Å²) in [5, 5.41) is 10.6. The summed E-state index contributed by atoms with van der Waals surface area (Å²) in [5.41, 5.74) is 7.23. The molecule has 0 radical (unpaired) electrons. The first-order valence-corrected chi connectivity index (χ1v) is 5.61. The summed E-state index contributed by atoms with van der Waals surface area (Å²) in [6, 6.07) is 6.79. The van der Waals surface area contributed by atoms with Crippen LogP contribution in [0.1, 0.15) is 31.2 Å². The largest absolute Gasteiger partial charge is 0.325 e. The maximum absolute atomic E-state index is 10.6. The molecule has 16 heavy (non-hydrogen) atoms. The lowest BCUT2D eigenvalue weighted by Crippen LogP contribution is -2.38. The van der Waals surface area contributed by atoms with E-state index in [1.165, 1.54) is 18.9 Å². The summed E-state index contributed by atoms with van der Waals surface area (Å²) in [6.07, 6.45) is 5.14. The molecule has 1 saturated carbocycles. The van der Waals surface area contributed by atoms with Crippen LogP contribution >= 0.6 is 0 Å². The minimum absolute atomic E-state index is 0.144. The van der Waals surface area contributed by atoms with Crippen LogP contribution in [0.4, 0.5) is 5.69 Å². The molecule has 86 valence electrons. The predicted octanol–water partition coefficient (Wildman–Crippen LogP) is 2.41. The molecule has 0 atom stereocenters. The second kappa shape index (κ2) is 4.22. The number of hydrogen-bond donors (Lipinski definition) is 1. The first kappa shape index (κ1) is 11.1. The van der Waals surface area contributed by atoms with Crippen molar-refractivity contribution in [2.75, 3.05) is 0 Å². The van der Waals surface area contributed by atoms with Crippen molar-refractivity contribution < 1.29 is 4.92 Å². The van der Waals surface area contributed by atoms with Gasteiger partial charge in [0.2, 0.25) is 0 Å². The maximum atomic E-state index is 10.6. The fraction of sp³-hybridized carbons (Fsp3) is 0.500. The first-order chi connectivity index (χ1) is 7.59. The Hall–Kier alpha value is -1.42. The molecule has 4 nitrogen and oxygen atoms in total. The molecule has 0 heterocycles. The van der Waals surface area contributed by atoms with Crippen LogP contribution in [0, 0.1) is 10.1 Å². The van der Waals surface area contributed by atoms with Crippen LogP contribution in [0.15, 0.2) is 24.3 Å². The Morgan fingerprint density at radius 1 is 1.38 bits per heavy atom. The van der Waals surface area contributed by atoms with Gasteiger partial charge in [-0.1, -0.05) is 25.0 Å². The van der Waals surface area contributed by atoms with Gasteiger partial charge in [0, 0.05) is 17.7 Å². The van der Waals surface area contributed by atoms with Gasteiger partial charge in [-0.15, -0.1) is 0 Å². The third-order valence-corrected chi connectivity index (χ3v) is 3.28. The number of benzene rings is 1. The molecule has 2 rings (SSSR count). The van der Waals surface area contributed by atoms with E-state index in [2.05, 4.69) is 0 Å². The summed E-state index contributed by atoms with van der Waals surface area (Å²) in [6.45, 7) is 0.